The number of rotatable bonds is 3. The number of hydrogen-bond donors (Lipinski definition) is 1. The van der Waals surface area contributed by atoms with Gasteiger partial charge in [0.2, 0.25) is 0 Å². The zero-order chi connectivity index (χ0) is 12.4. The molecular formula is C14H16INS. The highest BCUT2D eigenvalue weighted by Crippen LogP contribution is 2.30. The topological polar surface area (TPSA) is 26.0 Å². The van der Waals surface area contributed by atoms with Gasteiger partial charge in [-0.2, -0.15) is 0 Å². The Balaban J connectivity index is 2.36. The van der Waals surface area contributed by atoms with Gasteiger partial charge in [0.15, 0.2) is 0 Å². The van der Waals surface area contributed by atoms with E-state index in [2.05, 4.69) is 66.8 Å². The van der Waals surface area contributed by atoms with Crippen molar-refractivity contribution in [3.05, 3.63) is 54.8 Å². The molecule has 0 bridgehead atoms. The van der Waals surface area contributed by atoms with Gasteiger partial charge in [0, 0.05) is 13.3 Å². The average molecular weight is 357 g/mol. The second-order valence-electron chi connectivity index (χ2n) is 4.11. The lowest BCUT2D eigenvalue weighted by Gasteiger charge is -2.13. The molecule has 1 aromatic carbocycles. The molecule has 0 aliphatic rings. The predicted octanol–water partition coefficient (Wildman–Crippen LogP) is 4.27. The summed E-state index contributed by atoms with van der Waals surface area (Å²) in [4.78, 5) is 2.66. The Hall–Kier alpha value is -0.390. The van der Waals surface area contributed by atoms with E-state index in [-0.39, 0.29) is 6.04 Å². The Bertz CT molecular complexity index is 519. The van der Waals surface area contributed by atoms with E-state index in [1.165, 1.54) is 24.5 Å². The van der Waals surface area contributed by atoms with E-state index in [0.717, 1.165) is 6.42 Å². The molecule has 1 aromatic heterocycles. The zero-order valence-electron chi connectivity index (χ0n) is 10.0. The maximum Gasteiger partial charge on any atom is 0.0656 e. The summed E-state index contributed by atoms with van der Waals surface area (Å²) in [5, 5.41) is 0. The van der Waals surface area contributed by atoms with Crippen LogP contribution < -0.4 is 5.73 Å². The van der Waals surface area contributed by atoms with Crippen LogP contribution in [0.1, 0.15) is 33.8 Å². The molecule has 0 amide bonds. The van der Waals surface area contributed by atoms with E-state index in [0.29, 0.717) is 0 Å². The summed E-state index contributed by atoms with van der Waals surface area (Å²) in [5.41, 5.74) is 8.89. The fourth-order valence-electron chi connectivity index (χ4n) is 1.82. The molecule has 1 heterocycles. The van der Waals surface area contributed by atoms with Crippen molar-refractivity contribution in [3.8, 4) is 0 Å². The van der Waals surface area contributed by atoms with E-state index in [1.54, 1.807) is 0 Å². The lowest BCUT2D eigenvalue weighted by atomic mass is 10.0. The molecule has 1 unspecified atom stereocenters. The summed E-state index contributed by atoms with van der Waals surface area (Å²) in [5.74, 6) is 0. The second kappa shape index (κ2) is 5.50. The Morgan fingerprint density at radius 1 is 1.29 bits per heavy atom. The van der Waals surface area contributed by atoms with Crippen molar-refractivity contribution in [2.24, 2.45) is 5.73 Å². The molecular weight excluding hydrogens is 341 g/mol. The quantitative estimate of drug-likeness (QED) is 0.816. The average Bonchev–Trinajstić information content (AvgIpc) is 2.80. The van der Waals surface area contributed by atoms with Crippen molar-refractivity contribution in [2.45, 2.75) is 26.3 Å². The first-order valence-electron chi connectivity index (χ1n) is 5.72. The Labute approximate surface area is 120 Å². The van der Waals surface area contributed by atoms with E-state index in [9.17, 15) is 0 Å². The molecule has 3 heteroatoms. The Morgan fingerprint density at radius 3 is 2.71 bits per heavy atom. The molecule has 1 atom stereocenters. The molecule has 2 rings (SSSR count). The molecule has 17 heavy (non-hydrogen) atoms. The summed E-state index contributed by atoms with van der Waals surface area (Å²) in [6, 6.07) is 10.7. The molecule has 0 saturated carbocycles. The highest BCUT2D eigenvalue weighted by atomic mass is 127. The van der Waals surface area contributed by atoms with E-state index in [1.807, 2.05) is 11.3 Å². The largest absolute Gasteiger partial charge is 0.320 e. The van der Waals surface area contributed by atoms with Crippen LogP contribution in [0.2, 0.25) is 0 Å². The van der Waals surface area contributed by atoms with Crippen molar-refractivity contribution in [1.29, 1.82) is 0 Å². The van der Waals surface area contributed by atoms with Crippen LogP contribution in [0.3, 0.4) is 0 Å². The van der Waals surface area contributed by atoms with Gasteiger partial charge in [-0.3, -0.25) is 0 Å². The molecule has 2 N–H and O–H groups in total. The highest BCUT2D eigenvalue weighted by Gasteiger charge is 2.14. The van der Waals surface area contributed by atoms with Gasteiger partial charge in [0.05, 0.1) is 6.04 Å². The summed E-state index contributed by atoms with van der Waals surface area (Å²) in [6.45, 7) is 4.31. The van der Waals surface area contributed by atoms with Crippen LogP contribution in [-0.4, -0.2) is 0 Å². The minimum absolute atomic E-state index is 0.00657. The summed E-state index contributed by atoms with van der Waals surface area (Å²) in [6.07, 6.45) is 1.09. The van der Waals surface area contributed by atoms with Crippen molar-refractivity contribution < 1.29 is 0 Å². The van der Waals surface area contributed by atoms with Crippen molar-refractivity contribution >= 4 is 33.9 Å². The molecule has 0 aliphatic heterocycles. The van der Waals surface area contributed by atoms with Crippen LogP contribution in [0, 0.1) is 10.5 Å². The van der Waals surface area contributed by atoms with Gasteiger partial charge in [-0.1, -0.05) is 25.1 Å². The van der Waals surface area contributed by atoms with Crippen LogP contribution in [0.4, 0.5) is 0 Å². The van der Waals surface area contributed by atoms with Gasteiger partial charge >= 0.3 is 0 Å². The second-order valence-corrected chi connectivity index (χ2v) is 6.39. The Kier molecular flexibility index (Phi) is 4.22. The van der Waals surface area contributed by atoms with Gasteiger partial charge in [-0.05, 0) is 59.2 Å². The minimum Gasteiger partial charge on any atom is -0.320 e. The van der Waals surface area contributed by atoms with Crippen molar-refractivity contribution in [2.75, 3.05) is 0 Å². The third-order valence-corrected chi connectivity index (χ3v) is 5.68. The number of aryl methyl sites for hydroxylation is 2. The summed E-state index contributed by atoms with van der Waals surface area (Å²) in [7, 11) is 0. The van der Waals surface area contributed by atoms with Crippen molar-refractivity contribution in [3.63, 3.8) is 0 Å². The van der Waals surface area contributed by atoms with Crippen LogP contribution in [-0.2, 0) is 6.42 Å². The Morgan fingerprint density at radius 2 is 2.06 bits per heavy atom. The SMILES string of the molecule is CCc1ccc(C(N)c2cccc(C)c2I)s1. The van der Waals surface area contributed by atoms with Gasteiger partial charge in [0.1, 0.15) is 0 Å². The van der Waals surface area contributed by atoms with Crippen LogP contribution in [0.5, 0.6) is 0 Å². The molecule has 90 valence electrons. The molecule has 0 aliphatic carbocycles. The monoisotopic (exact) mass is 357 g/mol. The number of thiophene rings is 1. The third-order valence-electron chi connectivity index (χ3n) is 2.89. The molecule has 0 spiro atoms. The molecule has 0 fully saturated rings. The number of nitrogens with two attached hydrogens (primary N) is 1. The van der Waals surface area contributed by atoms with E-state index >= 15 is 0 Å². The first-order chi connectivity index (χ1) is 8.13. The van der Waals surface area contributed by atoms with Gasteiger partial charge in [-0.15, -0.1) is 11.3 Å². The molecule has 1 nitrogen and oxygen atoms in total. The number of hydrogen-bond acceptors (Lipinski definition) is 2. The first-order valence-corrected chi connectivity index (χ1v) is 7.62. The van der Waals surface area contributed by atoms with Gasteiger partial charge in [0.25, 0.3) is 0 Å². The fourth-order valence-corrected chi connectivity index (χ4v) is 3.48. The fraction of sp³-hybridized carbons (Fsp3) is 0.286. The van der Waals surface area contributed by atoms with E-state index in [4.69, 9.17) is 5.73 Å². The standard InChI is InChI=1S/C14H16INS/c1-3-10-7-8-12(17-10)14(16)11-6-4-5-9(2)13(11)15/h4-8,14H,3,16H2,1-2H3. The lowest BCUT2D eigenvalue weighted by molar-refractivity contribution is 0.884. The smallest absolute Gasteiger partial charge is 0.0656 e. The number of halogens is 1. The van der Waals surface area contributed by atoms with Crippen molar-refractivity contribution in [1.82, 2.24) is 0 Å². The molecule has 0 radical (unpaired) electrons. The zero-order valence-corrected chi connectivity index (χ0v) is 13.0. The van der Waals surface area contributed by atoms with Gasteiger partial charge < -0.3 is 5.73 Å². The molecule has 2 aromatic rings. The van der Waals surface area contributed by atoms with E-state index < -0.39 is 0 Å². The van der Waals surface area contributed by atoms with Crippen LogP contribution in [0.25, 0.3) is 0 Å². The first kappa shape index (κ1) is 13.1. The minimum atomic E-state index is 0.00657. The lowest BCUT2D eigenvalue weighted by Crippen LogP contribution is -2.12. The third kappa shape index (κ3) is 2.72. The molecule has 0 saturated heterocycles. The van der Waals surface area contributed by atoms with Crippen LogP contribution >= 0.6 is 33.9 Å². The summed E-state index contributed by atoms with van der Waals surface area (Å²) >= 11 is 4.21. The normalized spacial score (nSPS) is 12.7. The summed E-state index contributed by atoms with van der Waals surface area (Å²) < 4.78 is 1.28. The van der Waals surface area contributed by atoms with Crippen LogP contribution in [0.15, 0.2) is 30.3 Å². The maximum atomic E-state index is 6.36. The number of benzene rings is 1. The maximum absolute atomic E-state index is 6.36. The highest BCUT2D eigenvalue weighted by molar-refractivity contribution is 14.1. The predicted molar refractivity (Wildman–Crippen MR) is 83.6 cm³/mol. The van der Waals surface area contributed by atoms with Gasteiger partial charge in [-0.25, -0.2) is 0 Å².